The third-order valence-corrected chi connectivity index (χ3v) is 7.16. The summed E-state index contributed by atoms with van der Waals surface area (Å²) in [6.07, 6.45) is 0.523. The quantitative estimate of drug-likeness (QED) is 0.197. The van der Waals surface area contributed by atoms with Crippen LogP contribution in [-0.2, 0) is 12.2 Å². The van der Waals surface area contributed by atoms with Crippen molar-refractivity contribution in [2.45, 2.75) is 30.3 Å². The number of halogens is 1. The van der Waals surface area contributed by atoms with E-state index >= 15 is 0 Å². The predicted octanol–water partition coefficient (Wildman–Crippen LogP) is 7.11. The number of nitrogens with zero attached hydrogens (tertiary/aromatic N) is 3. The van der Waals surface area contributed by atoms with E-state index in [1.54, 1.807) is 12.1 Å². The van der Waals surface area contributed by atoms with Gasteiger partial charge in [0.05, 0.1) is 6.04 Å². The zero-order valence-corrected chi connectivity index (χ0v) is 22.2. The van der Waals surface area contributed by atoms with Crippen LogP contribution in [-0.4, -0.2) is 20.8 Å². The highest BCUT2D eigenvalue weighted by Crippen LogP contribution is 2.29. The Labute approximate surface area is 231 Å². The lowest BCUT2D eigenvalue weighted by atomic mass is 10.1. The third kappa shape index (κ3) is 6.91. The Kier molecular flexibility index (Phi) is 8.33. The second-order valence-corrected chi connectivity index (χ2v) is 10.1. The lowest BCUT2D eigenvalue weighted by Crippen LogP contribution is -2.35. The van der Waals surface area contributed by atoms with E-state index in [9.17, 15) is 9.18 Å². The molecule has 1 atom stereocenters. The highest BCUT2D eigenvalue weighted by atomic mass is 32.2. The number of nitrogens with one attached hydrogen (secondary N) is 2. The Balaban J connectivity index is 1.49. The predicted molar refractivity (Wildman–Crippen MR) is 154 cm³/mol. The van der Waals surface area contributed by atoms with E-state index in [0.717, 1.165) is 22.4 Å². The molecule has 1 unspecified atom stereocenters. The standard InChI is InChI=1S/C31H28FN5OS/c1-22-12-18-27(19-13-22)37-29(35-36-31(37)39-21-24-14-16-25(32)17-15-24)28(20-23-8-4-2-5-9-23)34-30(38)33-26-10-6-3-7-11-26/h2-19,28H,20-21H2,1H3,(H2,33,34,38). The van der Waals surface area contributed by atoms with Crippen molar-refractivity contribution >= 4 is 23.5 Å². The van der Waals surface area contributed by atoms with E-state index in [0.29, 0.717) is 28.8 Å². The first kappa shape index (κ1) is 26.2. The summed E-state index contributed by atoms with van der Waals surface area (Å²) in [6, 6.07) is 33.1. The van der Waals surface area contributed by atoms with Crippen LogP contribution in [0.4, 0.5) is 14.9 Å². The summed E-state index contributed by atoms with van der Waals surface area (Å²) >= 11 is 1.51. The number of carbonyl (C=O) groups excluding carboxylic acids is 1. The van der Waals surface area contributed by atoms with Crippen molar-refractivity contribution in [1.29, 1.82) is 0 Å². The van der Waals surface area contributed by atoms with E-state index in [1.165, 1.54) is 23.9 Å². The zero-order chi connectivity index (χ0) is 27.0. The van der Waals surface area contributed by atoms with Crippen molar-refractivity contribution in [1.82, 2.24) is 20.1 Å². The molecule has 5 aromatic rings. The third-order valence-electron chi connectivity index (χ3n) is 6.16. The summed E-state index contributed by atoms with van der Waals surface area (Å²) in [5.74, 6) is 0.945. The van der Waals surface area contributed by atoms with Gasteiger partial charge in [0.2, 0.25) is 0 Å². The molecular formula is C31H28FN5OS. The van der Waals surface area contributed by atoms with Crippen molar-refractivity contribution in [2.75, 3.05) is 5.32 Å². The van der Waals surface area contributed by atoms with Crippen molar-refractivity contribution < 1.29 is 9.18 Å². The van der Waals surface area contributed by atoms with Crippen molar-refractivity contribution in [3.05, 3.63) is 138 Å². The topological polar surface area (TPSA) is 71.8 Å². The number of aromatic nitrogens is 3. The Hall–Kier alpha value is -4.43. The number of carbonyl (C=O) groups is 1. The Morgan fingerprint density at radius 3 is 2.21 bits per heavy atom. The smallest absolute Gasteiger partial charge is 0.319 e. The molecular weight excluding hydrogens is 509 g/mol. The van der Waals surface area contributed by atoms with Crippen LogP contribution in [0.15, 0.2) is 114 Å². The van der Waals surface area contributed by atoms with Gasteiger partial charge in [-0.15, -0.1) is 10.2 Å². The normalized spacial score (nSPS) is 11.6. The van der Waals surface area contributed by atoms with Gasteiger partial charge in [-0.3, -0.25) is 4.57 Å². The van der Waals surface area contributed by atoms with Crippen LogP contribution in [0, 0.1) is 12.7 Å². The molecule has 0 aliphatic rings. The molecule has 0 saturated heterocycles. The van der Waals surface area contributed by atoms with E-state index in [-0.39, 0.29) is 11.8 Å². The minimum Gasteiger partial charge on any atom is -0.327 e. The second kappa shape index (κ2) is 12.4. The summed E-state index contributed by atoms with van der Waals surface area (Å²) in [5, 5.41) is 15.8. The first-order chi connectivity index (χ1) is 19.0. The number of hydrogen-bond acceptors (Lipinski definition) is 4. The first-order valence-corrected chi connectivity index (χ1v) is 13.6. The summed E-state index contributed by atoms with van der Waals surface area (Å²) in [4.78, 5) is 13.1. The largest absolute Gasteiger partial charge is 0.327 e. The fraction of sp³-hybridized carbons (Fsp3) is 0.129. The molecule has 5 rings (SSSR count). The number of rotatable bonds is 9. The van der Waals surface area contributed by atoms with Crippen LogP contribution in [0.3, 0.4) is 0 Å². The molecule has 0 spiro atoms. The molecule has 0 aliphatic carbocycles. The lowest BCUT2D eigenvalue weighted by Gasteiger charge is -2.21. The van der Waals surface area contributed by atoms with Crippen molar-refractivity contribution in [3.63, 3.8) is 0 Å². The van der Waals surface area contributed by atoms with E-state index < -0.39 is 6.04 Å². The summed E-state index contributed by atoms with van der Waals surface area (Å²) in [6.45, 7) is 2.04. The maximum atomic E-state index is 13.4. The van der Waals surface area contributed by atoms with Gasteiger partial charge in [-0.2, -0.15) is 0 Å². The minimum absolute atomic E-state index is 0.266. The Bertz CT molecular complexity index is 1510. The molecule has 39 heavy (non-hydrogen) atoms. The average Bonchev–Trinajstić information content (AvgIpc) is 3.38. The molecule has 4 aromatic carbocycles. The van der Waals surface area contributed by atoms with Gasteiger partial charge in [-0.05, 0) is 54.4 Å². The maximum Gasteiger partial charge on any atom is 0.319 e. The average molecular weight is 538 g/mol. The number of hydrogen-bond donors (Lipinski definition) is 2. The van der Waals surface area contributed by atoms with Gasteiger partial charge in [0.15, 0.2) is 11.0 Å². The number of thioether (sulfide) groups is 1. The maximum absolute atomic E-state index is 13.4. The molecule has 2 amide bonds. The number of para-hydroxylation sites is 1. The van der Waals surface area contributed by atoms with Gasteiger partial charge in [0.1, 0.15) is 5.82 Å². The fourth-order valence-corrected chi connectivity index (χ4v) is 5.08. The van der Waals surface area contributed by atoms with Crippen molar-refractivity contribution in [2.24, 2.45) is 0 Å². The zero-order valence-electron chi connectivity index (χ0n) is 21.4. The summed E-state index contributed by atoms with van der Waals surface area (Å²) < 4.78 is 15.4. The highest BCUT2D eigenvalue weighted by Gasteiger charge is 2.25. The van der Waals surface area contributed by atoms with Crippen LogP contribution in [0.2, 0.25) is 0 Å². The second-order valence-electron chi connectivity index (χ2n) is 9.13. The Morgan fingerprint density at radius 2 is 1.51 bits per heavy atom. The van der Waals surface area contributed by atoms with Crippen LogP contribution in [0.1, 0.15) is 28.6 Å². The van der Waals surface area contributed by atoms with Crippen molar-refractivity contribution in [3.8, 4) is 5.69 Å². The van der Waals surface area contributed by atoms with Gasteiger partial charge in [-0.25, -0.2) is 9.18 Å². The van der Waals surface area contributed by atoms with Crippen LogP contribution >= 0.6 is 11.8 Å². The van der Waals surface area contributed by atoms with Gasteiger partial charge in [-0.1, -0.05) is 90.1 Å². The van der Waals surface area contributed by atoms with Gasteiger partial charge < -0.3 is 10.6 Å². The molecule has 0 bridgehead atoms. The number of benzene rings is 4. The molecule has 0 saturated carbocycles. The number of aryl methyl sites for hydroxylation is 1. The van der Waals surface area contributed by atoms with Crippen LogP contribution < -0.4 is 10.6 Å². The first-order valence-electron chi connectivity index (χ1n) is 12.6. The van der Waals surface area contributed by atoms with Crippen LogP contribution in [0.25, 0.3) is 5.69 Å². The molecule has 1 aromatic heterocycles. The molecule has 6 nitrogen and oxygen atoms in total. The monoisotopic (exact) mass is 537 g/mol. The summed E-state index contributed by atoms with van der Waals surface area (Å²) in [7, 11) is 0. The van der Waals surface area contributed by atoms with Crippen LogP contribution in [0.5, 0.6) is 0 Å². The fourth-order valence-electron chi connectivity index (χ4n) is 4.17. The minimum atomic E-state index is -0.468. The lowest BCUT2D eigenvalue weighted by molar-refractivity contribution is 0.247. The molecule has 0 radical (unpaired) electrons. The SMILES string of the molecule is Cc1ccc(-n2c(SCc3ccc(F)cc3)nnc2C(Cc2ccccc2)NC(=O)Nc2ccccc2)cc1. The molecule has 8 heteroatoms. The van der Waals surface area contributed by atoms with E-state index in [1.807, 2.05) is 96.4 Å². The molecule has 196 valence electrons. The molecule has 0 aliphatic heterocycles. The molecule has 2 N–H and O–H groups in total. The Morgan fingerprint density at radius 1 is 0.846 bits per heavy atom. The van der Waals surface area contributed by atoms with E-state index in [2.05, 4.69) is 20.8 Å². The molecule has 1 heterocycles. The number of urea groups is 1. The van der Waals surface area contributed by atoms with Gasteiger partial charge in [0.25, 0.3) is 0 Å². The van der Waals surface area contributed by atoms with Gasteiger partial charge in [0, 0.05) is 23.5 Å². The number of amides is 2. The highest BCUT2D eigenvalue weighted by molar-refractivity contribution is 7.98. The van der Waals surface area contributed by atoms with E-state index in [4.69, 9.17) is 0 Å². The number of anilines is 1. The van der Waals surface area contributed by atoms with Gasteiger partial charge >= 0.3 is 6.03 Å². The summed E-state index contributed by atoms with van der Waals surface area (Å²) in [5.41, 5.74) is 4.76. The molecule has 0 fully saturated rings.